The van der Waals surface area contributed by atoms with Gasteiger partial charge in [-0.3, -0.25) is 4.68 Å². The van der Waals surface area contributed by atoms with Crippen molar-refractivity contribution >= 4 is 15.9 Å². The minimum absolute atomic E-state index is 0.785. The first-order valence-electron chi connectivity index (χ1n) is 3.02. The summed E-state index contributed by atoms with van der Waals surface area (Å²) in [5.41, 5.74) is 1.10. The van der Waals surface area contributed by atoms with Crippen LogP contribution in [0.1, 0.15) is 6.92 Å². The molecule has 0 spiro atoms. The molecule has 0 unspecified atom stereocenters. The molecule has 54 valence electrons. The minimum Gasteiger partial charge on any atom is -0.254 e. The molecule has 0 amide bonds. The fourth-order valence-electron chi connectivity index (χ4n) is 0.689. The SMILES string of the molecule is C=C(C)Cn1nccc1Br. The third-order valence-electron chi connectivity index (χ3n) is 1.08. The molecule has 0 aromatic carbocycles. The van der Waals surface area contributed by atoms with Gasteiger partial charge in [0, 0.05) is 0 Å². The normalized spacial score (nSPS) is 9.80. The first kappa shape index (κ1) is 7.54. The molecule has 3 heteroatoms. The zero-order valence-corrected chi connectivity index (χ0v) is 7.43. The second-order valence-corrected chi connectivity index (χ2v) is 3.08. The van der Waals surface area contributed by atoms with Crippen molar-refractivity contribution in [3.05, 3.63) is 29.0 Å². The Kier molecular flexibility index (Phi) is 2.27. The van der Waals surface area contributed by atoms with Crippen LogP contribution in [-0.2, 0) is 6.54 Å². The molecular weight excluding hydrogens is 192 g/mol. The van der Waals surface area contributed by atoms with Gasteiger partial charge in [-0.25, -0.2) is 0 Å². The Hall–Kier alpha value is -0.570. The maximum absolute atomic E-state index is 4.06. The largest absolute Gasteiger partial charge is 0.254 e. The summed E-state index contributed by atoms with van der Waals surface area (Å²) in [4.78, 5) is 0. The van der Waals surface area contributed by atoms with E-state index < -0.39 is 0 Å². The summed E-state index contributed by atoms with van der Waals surface area (Å²) in [6.45, 7) is 6.56. The molecule has 0 radical (unpaired) electrons. The number of allylic oxidation sites excluding steroid dienone is 1. The van der Waals surface area contributed by atoms with Crippen LogP contribution in [0, 0.1) is 0 Å². The van der Waals surface area contributed by atoms with Crippen molar-refractivity contribution in [1.82, 2.24) is 9.78 Å². The van der Waals surface area contributed by atoms with Crippen molar-refractivity contribution in [3.8, 4) is 0 Å². The van der Waals surface area contributed by atoms with Crippen molar-refractivity contribution in [2.75, 3.05) is 0 Å². The predicted molar refractivity (Wildman–Crippen MR) is 44.7 cm³/mol. The third kappa shape index (κ3) is 1.70. The van der Waals surface area contributed by atoms with Crippen LogP contribution in [0.2, 0.25) is 0 Å². The Labute approximate surface area is 68.7 Å². The topological polar surface area (TPSA) is 17.8 Å². The molecule has 0 atom stereocenters. The van der Waals surface area contributed by atoms with Crippen LogP contribution in [-0.4, -0.2) is 9.78 Å². The smallest absolute Gasteiger partial charge is 0.104 e. The van der Waals surface area contributed by atoms with Crippen molar-refractivity contribution in [2.45, 2.75) is 13.5 Å². The molecule has 0 aliphatic heterocycles. The monoisotopic (exact) mass is 200 g/mol. The fraction of sp³-hybridized carbons (Fsp3) is 0.286. The summed E-state index contributed by atoms with van der Waals surface area (Å²) < 4.78 is 2.85. The summed E-state index contributed by atoms with van der Waals surface area (Å²) in [7, 11) is 0. The average Bonchev–Trinajstić information content (AvgIpc) is 2.15. The second kappa shape index (κ2) is 3.01. The van der Waals surface area contributed by atoms with Crippen LogP contribution in [0.5, 0.6) is 0 Å². The van der Waals surface area contributed by atoms with Gasteiger partial charge in [-0.15, -0.1) is 0 Å². The molecule has 0 N–H and O–H groups in total. The van der Waals surface area contributed by atoms with Crippen LogP contribution in [0.3, 0.4) is 0 Å². The standard InChI is InChI=1S/C7H9BrN2/c1-6(2)5-10-7(8)3-4-9-10/h3-4H,1,5H2,2H3. The second-order valence-electron chi connectivity index (χ2n) is 2.27. The summed E-state index contributed by atoms with van der Waals surface area (Å²) in [5, 5.41) is 4.06. The van der Waals surface area contributed by atoms with E-state index in [1.807, 2.05) is 17.7 Å². The summed E-state index contributed by atoms with van der Waals surface area (Å²) in [6.07, 6.45) is 1.76. The van der Waals surface area contributed by atoms with E-state index in [2.05, 4.69) is 27.6 Å². The van der Waals surface area contributed by atoms with E-state index in [0.29, 0.717) is 0 Å². The molecule has 1 aromatic rings. The molecule has 0 bridgehead atoms. The van der Waals surface area contributed by atoms with E-state index in [-0.39, 0.29) is 0 Å². The van der Waals surface area contributed by atoms with Crippen molar-refractivity contribution < 1.29 is 0 Å². The maximum Gasteiger partial charge on any atom is 0.104 e. The highest BCUT2D eigenvalue weighted by molar-refractivity contribution is 9.10. The molecular formula is C7H9BrN2. The lowest BCUT2D eigenvalue weighted by atomic mass is 10.4. The van der Waals surface area contributed by atoms with E-state index in [1.54, 1.807) is 6.20 Å². The van der Waals surface area contributed by atoms with Gasteiger partial charge in [-0.05, 0) is 28.9 Å². The Bertz CT molecular complexity index is 240. The molecule has 2 nitrogen and oxygen atoms in total. The quantitative estimate of drug-likeness (QED) is 0.670. The summed E-state index contributed by atoms with van der Waals surface area (Å²) in [5.74, 6) is 0. The summed E-state index contributed by atoms with van der Waals surface area (Å²) in [6, 6.07) is 1.91. The maximum atomic E-state index is 4.06. The number of nitrogens with zero attached hydrogens (tertiary/aromatic N) is 2. The van der Waals surface area contributed by atoms with Crippen LogP contribution in [0.15, 0.2) is 29.0 Å². The molecule has 1 rings (SSSR count). The van der Waals surface area contributed by atoms with E-state index in [9.17, 15) is 0 Å². The zero-order chi connectivity index (χ0) is 7.56. The molecule has 0 aliphatic rings. The highest BCUT2D eigenvalue weighted by Gasteiger charge is 1.95. The zero-order valence-electron chi connectivity index (χ0n) is 5.84. The van der Waals surface area contributed by atoms with Gasteiger partial charge in [0.1, 0.15) is 4.60 Å². The molecule has 0 saturated carbocycles. The predicted octanol–water partition coefficient (Wildman–Crippen LogP) is 2.22. The molecule has 1 heterocycles. The first-order chi connectivity index (χ1) is 4.70. The third-order valence-corrected chi connectivity index (χ3v) is 1.76. The van der Waals surface area contributed by atoms with Gasteiger partial charge in [0.15, 0.2) is 0 Å². The van der Waals surface area contributed by atoms with Gasteiger partial charge >= 0.3 is 0 Å². The van der Waals surface area contributed by atoms with E-state index in [4.69, 9.17) is 0 Å². The van der Waals surface area contributed by atoms with Crippen LogP contribution in [0.4, 0.5) is 0 Å². The lowest BCUT2D eigenvalue weighted by Gasteiger charge is -2.00. The molecule has 0 fully saturated rings. The van der Waals surface area contributed by atoms with Crippen molar-refractivity contribution in [3.63, 3.8) is 0 Å². The minimum atomic E-state index is 0.785. The number of hydrogen-bond acceptors (Lipinski definition) is 1. The Morgan fingerprint density at radius 2 is 2.60 bits per heavy atom. The van der Waals surface area contributed by atoms with Gasteiger partial charge < -0.3 is 0 Å². The molecule has 10 heavy (non-hydrogen) atoms. The van der Waals surface area contributed by atoms with Gasteiger partial charge in [0.2, 0.25) is 0 Å². The Balaban J connectivity index is 2.74. The highest BCUT2D eigenvalue weighted by Crippen LogP contribution is 2.08. The Morgan fingerprint density at radius 1 is 1.90 bits per heavy atom. The van der Waals surface area contributed by atoms with Crippen LogP contribution in [0.25, 0.3) is 0 Å². The van der Waals surface area contributed by atoms with Gasteiger partial charge in [-0.2, -0.15) is 5.10 Å². The van der Waals surface area contributed by atoms with E-state index in [1.165, 1.54) is 0 Å². The number of rotatable bonds is 2. The first-order valence-corrected chi connectivity index (χ1v) is 3.81. The molecule has 0 aliphatic carbocycles. The lowest BCUT2D eigenvalue weighted by Crippen LogP contribution is -1.99. The summed E-state index contributed by atoms with van der Waals surface area (Å²) >= 11 is 3.35. The van der Waals surface area contributed by atoms with Crippen molar-refractivity contribution in [2.24, 2.45) is 0 Å². The van der Waals surface area contributed by atoms with Crippen LogP contribution >= 0.6 is 15.9 Å². The average molecular weight is 201 g/mol. The van der Waals surface area contributed by atoms with Gasteiger partial charge in [-0.1, -0.05) is 12.2 Å². The number of hydrogen-bond donors (Lipinski definition) is 0. The van der Waals surface area contributed by atoms with E-state index in [0.717, 1.165) is 16.7 Å². The fourth-order valence-corrected chi connectivity index (χ4v) is 1.02. The van der Waals surface area contributed by atoms with E-state index >= 15 is 0 Å². The van der Waals surface area contributed by atoms with Gasteiger partial charge in [0.25, 0.3) is 0 Å². The highest BCUT2D eigenvalue weighted by atomic mass is 79.9. The van der Waals surface area contributed by atoms with Crippen LogP contribution < -0.4 is 0 Å². The molecule has 1 aromatic heterocycles. The lowest BCUT2D eigenvalue weighted by molar-refractivity contribution is 0.664. The van der Waals surface area contributed by atoms with Crippen molar-refractivity contribution in [1.29, 1.82) is 0 Å². The Morgan fingerprint density at radius 3 is 3.00 bits per heavy atom. The van der Waals surface area contributed by atoms with Gasteiger partial charge in [0.05, 0.1) is 12.7 Å². The number of aromatic nitrogens is 2. The molecule has 0 saturated heterocycles. The number of halogens is 1.